The van der Waals surface area contributed by atoms with Crippen molar-refractivity contribution < 1.29 is 0 Å². The predicted octanol–water partition coefficient (Wildman–Crippen LogP) is 14.8. The minimum Gasteiger partial charge on any atom is -0.295 e. The second-order valence-corrected chi connectivity index (χ2v) is 24.2. The number of likely N-dealkylation sites (tertiary alicyclic amines) is 1. The lowest BCUT2D eigenvalue weighted by Crippen LogP contribution is -2.47. The molecule has 68 heavy (non-hydrogen) atoms. The van der Waals surface area contributed by atoms with E-state index in [1.807, 2.05) is 11.1 Å². The molecule has 1 heterocycles. The number of hydrogen-bond acceptors (Lipinski definition) is 1. The fourth-order valence-corrected chi connectivity index (χ4v) is 19.3. The molecule has 12 aromatic carbocycles. The molecular formula is C67H57N. The molecule has 1 spiro atoms. The summed E-state index contributed by atoms with van der Waals surface area (Å²) in [7, 11) is 0. The third kappa shape index (κ3) is 3.80. The highest BCUT2D eigenvalue weighted by Crippen LogP contribution is 2.73. The monoisotopic (exact) mass is 875 g/mol. The van der Waals surface area contributed by atoms with E-state index in [9.17, 15) is 0 Å². The molecule has 19 rings (SSSR count). The summed E-state index contributed by atoms with van der Waals surface area (Å²) in [6.45, 7) is 4.76. The van der Waals surface area contributed by atoms with Crippen LogP contribution in [0.1, 0.15) is 138 Å². The summed E-state index contributed by atoms with van der Waals surface area (Å²) >= 11 is 0. The maximum Gasteiger partial charge on any atom is 0.0429 e. The van der Waals surface area contributed by atoms with Crippen LogP contribution in [0.3, 0.4) is 0 Å². The molecule has 6 aliphatic carbocycles. The number of unbranched alkanes of at least 4 members (excludes halogenated alkanes) is 13. The highest BCUT2D eigenvalue weighted by molar-refractivity contribution is 6.59. The molecule has 12 aromatic rings. The van der Waals surface area contributed by atoms with Gasteiger partial charge in [0.1, 0.15) is 0 Å². The van der Waals surface area contributed by atoms with E-state index in [0.717, 1.165) is 12.8 Å². The van der Waals surface area contributed by atoms with Crippen LogP contribution in [0.15, 0.2) is 66.7 Å². The van der Waals surface area contributed by atoms with Gasteiger partial charge in [0.25, 0.3) is 0 Å². The molecule has 330 valence electrons. The van der Waals surface area contributed by atoms with Crippen LogP contribution in [0.2, 0.25) is 0 Å². The van der Waals surface area contributed by atoms with Gasteiger partial charge in [0.15, 0.2) is 0 Å². The zero-order valence-electron chi connectivity index (χ0n) is 39.6. The number of fused-ring (bicyclic) bond motifs is 2. The summed E-state index contributed by atoms with van der Waals surface area (Å²) in [5, 5.41) is 39.0. The molecule has 0 amide bonds. The lowest BCUT2D eigenvalue weighted by molar-refractivity contribution is 0.236. The molecule has 0 aromatic heterocycles. The molecule has 1 nitrogen and oxygen atoms in total. The van der Waals surface area contributed by atoms with Crippen molar-refractivity contribution in [3.05, 3.63) is 104 Å². The van der Waals surface area contributed by atoms with Crippen LogP contribution in [0, 0.1) is 17.3 Å². The van der Waals surface area contributed by atoms with Gasteiger partial charge in [0, 0.05) is 29.8 Å². The van der Waals surface area contributed by atoms with Crippen molar-refractivity contribution in [3.63, 3.8) is 0 Å². The van der Waals surface area contributed by atoms with Crippen LogP contribution in [-0.4, -0.2) is 18.0 Å². The number of rotatable bonds is 16. The Morgan fingerprint density at radius 1 is 0.529 bits per heavy atom. The first-order valence-corrected chi connectivity index (χ1v) is 27.7. The van der Waals surface area contributed by atoms with Gasteiger partial charge in [-0.15, -0.1) is 0 Å². The van der Waals surface area contributed by atoms with Gasteiger partial charge in [0.05, 0.1) is 0 Å². The van der Waals surface area contributed by atoms with Crippen molar-refractivity contribution in [2.24, 2.45) is 17.3 Å². The standard InChI is InChI=1S/C67H57N/c1-2-3-4-5-6-7-8-9-10-11-12-13-14-17-23-68-32-67-31-40-29-38-27-35-24-34-25-37-26-36-28-39-30-43(64(67)66(68)42-22-18-20-33-19-15-16-21-41(33)42)51-56-47(39)46(36)53-48(37)52-44(34)45(35)54-49(38)55-50(40)65(67)63(51)62-60(55)58(54)57(52)59(53)61(56)62/h15-16,18-22,24-27,29,40,50,64,66H,2-14,17,23,28,30-32H2,1H3. The predicted molar refractivity (Wildman–Crippen MR) is 289 cm³/mol. The van der Waals surface area contributed by atoms with Gasteiger partial charge < -0.3 is 0 Å². The SMILES string of the molecule is CCCCCCCCCCCCCCCCN1CC23CC4C=c5cc6cc7cc8cc9c%10c%11c%12c(c%13c%14c%15c(c5c5c6c7c6c8c%10c(c%12%14)c6c%155)C4C=%132)=C(CC=%11C9)C3C1c1cccc2ccccc12. The van der Waals surface area contributed by atoms with Gasteiger partial charge in [0.2, 0.25) is 0 Å². The maximum atomic E-state index is 3.13. The third-order valence-corrected chi connectivity index (χ3v) is 21.2. The Hall–Kier alpha value is -5.50. The zero-order valence-corrected chi connectivity index (χ0v) is 39.6. The summed E-state index contributed by atoms with van der Waals surface area (Å²) in [5.41, 5.74) is 10.7. The van der Waals surface area contributed by atoms with Crippen LogP contribution < -0.4 is 20.9 Å². The number of hydrogen-bond donors (Lipinski definition) is 0. The molecule has 2 fully saturated rings. The van der Waals surface area contributed by atoms with Crippen molar-refractivity contribution in [1.29, 1.82) is 0 Å². The molecular weight excluding hydrogens is 819 g/mol. The molecule has 7 aliphatic rings. The zero-order chi connectivity index (χ0) is 43.6. The van der Waals surface area contributed by atoms with Crippen LogP contribution in [0.5, 0.6) is 0 Å². The summed E-state index contributed by atoms with van der Waals surface area (Å²) in [6, 6.07) is 27.8. The fraction of sp³-hybridized carbons (Fsp3) is 0.373. The fourth-order valence-electron chi connectivity index (χ4n) is 19.3. The lowest BCUT2D eigenvalue weighted by Gasteiger charge is -2.41. The van der Waals surface area contributed by atoms with Gasteiger partial charge >= 0.3 is 0 Å². The van der Waals surface area contributed by atoms with Gasteiger partial charge in [-0.2, -0.15) is 0 Å². The topological polar surface area (TPSA) is 3.24 Å². The van der Waals surface area contributed by atoms with Gasteiger partial charge in [-0.3, -0.25) is 4.90 Å². The Balaban J connectivity index is 0.817. The first-order chi connectivity index (χ1) is 33.7. The largest absolute Gasteiger partial charge is 0.295 e. The van der Waals surface area contributed by atoms with Gasteiger partial charge in [-0.25, -0.2) is 0 Å². The molecule has 5 atom stereocenters. The quantitative estimate of drug-likeness (QED) is 0.0690. The summed E-state index contributed by atoms with van der Waals surface area (Å²) < 4.78 is 0. The van der Waals surface area contributed by atoms with E-state index in [-0.39, 0.29) is 5.41 Å². The Morgan fingerprint density at radius 3 is 1.99 bits per heavy atom. The Morgan fingerprint density at radius 2 is 1.18 bits per heavy atom. The minimum atomic E-state index is 0.127. The lowest BCUT2D eigenvalue weighted by atomic mass is 9.61. The van der Waals surface area contributed by atoms with E-state index in [4.69, 9.17) is 0 Å². The second kappa shape index (κ2) is 12.1. The van der Waals surface area contributed by atoms with E-state index in [2.05, 4.69) is 84.6 Å². The van der Waals surface area contributed by atoms with E-state index in [1.54, 1.807) is 124 Å². The van der Waals surface area contributed by atoms with Crippen molar-refractivity contribution in [3.8, 4) is 0 Å². The van der Waals surface area contributed by atoms with E-state index in [1.165, 1.54) is 136 Å². The summed E-state index contributed by atoms with van der Waals surface area (Å²) in [6.07, 6.45) is 26.3. The van der Waals surface area contributed by atoms with Crippen molar-refractivity contribution >= 4 is 131 Å². The molecule has 1 aliphatic heterocycles. The van der Waals surface area contributed by atoms with E-state index < -0.39 is 0 Å². The Bertz CT molecular complexity index is 4460. The average molecular weight is 876 g/mol. The molecule has 1 heteroatoms. The molecule has 0 bridgehead atoms. The van der Waals surface area contributed by atoms with Crippen molar-refractivity contribution in [1.82, 2.24) is 4.90 Å². The summed E-state index contributed by atoms with van der Waals surface area (Å²) in [4.78, 5) is 3.13. The first kappa shape index (κ1) is 36.5. The van der Waals surface area contributed by atoms with Gasteiger partial charge in [-0.05, 0) is 207 Å². The second-order valence-electron chi connectivity index (χ2n) is 24.2. The molecule has 1 saturated heterocycles. The third-order valence-electron chi connectivity index (χ3n) is 21.2. The Kier molecular flexibility index (Phi) is 6.48. The van der Waals surface area contributed by atoms with Gasteiger partial charge in [-0.1, -0.05) is 156 Å². The normalized spacial score (nSPS) is 24.3. The van der Waals surface area contributed by atoms with Crippen LogP contribution in [-0.2, 0) is 6.42 Å². The molecule has 5 unspecified atom stereocenters. The van der Waals surface area contributed by atoms with Crippen molar-refractivity contribution in [2.45, 2.75) is 128 Å². The number of nitrogens with zero attached hydrogens (tertiary/aromatic N) is 1. The maximum absolute atomic E-state index is 3.13. The van der Waals surface area contributed by atoms with Crippen LogP contribution >= 0.6 is 0 Å². The van der Waals surface area contributed by atoms with E-state index >= 15 is 0 Å². The summed E-state index contributed by atoms with van der Waals surface area (Å²) in [5.74, 6) is 1.53. The molecule has 0 N–H and O–H groups in total. The highest BCUT2D eigenvalue weighted by atomic mass is 15.2. The minimum absolute atomic E-state index is 0.127. The first-order valence-electron chi connectivity index (χ1n) is 27.7. The Labute approximate surface area is 396 Å². The van der Waals surface area contributed by atoms with Crippen LogP contribution in [0.4, 0.5) is 0 Å². The average Bonchev–Trinajstić information content (AvgIpc) is 4.22. The highest BCUT2D eigenvalue weighted by Gasteiger charge is 2.65. The number of benzene rings is 8. The van der Waals surface area contributed by atoms with E-state index in [0.29, 0.717) is 23.8 Å². The van der Waals surface area contributed by atoms with Crippen LogP contribution in [0.25, 0.3) is 131 Å². The molecule has 0 radical (unpaired) electrons. The smallest absolute Gasteiger partial charge is 0.0429 e. The molecule has 1 saturated carbocycles. The van der Waals surface area contributed by atoms with Crippen molar-refractivity contribution in [2.75, 3.05) is 13.1 Å².